The Morgan fingerprint density at radius 2 is 1.70 bits per heavy atom. The van der Waals surface area contributed by atoms with Gasteiger partial charge in [-0.25, -0.2) is 13.2 Å². The fourth-order valence-corrected chi connectivity index (χ4v) is 2.12. The highest BCUT2D eigenvalue weighted by Gasteiger charge is 2.24. The van der Waals surface area contributed by atoms with Gasteiger partial charge in [0.05, 0.1) is 0 Å². The van der Waals surface area contributed by atoms with E-state index in [0.29, 0.717) is 11.1 Å². The first-order valence-corrected chi connectivity index (χ1v) is 6.29. The fraction of sp³-hybridized carbons (Fsp3) is 0.250. The average Bonchev–Trinajstić information content (AvgIpc) is 2.36. The lowest BCUT2D eigenvalue weighted by atomic mass is 9.86. The molecule has 0 fully saturated rings. The van der Waals surface area contributed by atoms with E-state index in [0.717, 1.165) is 18.2 Å². The molecule has 0 amide bonds. The van der Waals surface area contributed by atoms with Crippen LogP contribution in [0.25, 0.3) is 0 Å². The summed E-state index contributed by atoms with van der Waals surface area (Å²) < 4.78 is 40.4. The molecule has 0 radical (unpaired) electrons. The maximum atomic E-state index is 13.7. The average molecular weight is 279 g/mol. The molecular formula is C16H16F3N. The first-order valence-electron chi connectivity index (χ1n) is 6.29. The molecule has 0 spiro atoms. The van der Waals surface area contributed by atoms with Gasteiger partial charge in [0.15, 0.2) is 0 Å². The molecule has 106 valence electrons. The van der Waals surface area contributed by atoms with Crippen LogP contribution in [0.2, 0.25) is 0 Å². The second kappa shape index (κ2) is 5.29. The molecule has 1 nitrogen and oxygen atoms in total. The second-order valence-corrected chi connectivity index (χ2v) is 5.29. The van der Waals surface area contributed by atoms with Crippen molar-refractivity contribution in [3.8, 4) is 0 Å². The number of halogens is 3. The van der Waals surface area contributed by atoms with Crippen molar-refractivity contribution >= 4 is 0 Å². The Morgan fingerprint density at radius 1 is 1.00 bits per heavy atom. The van der Waals surface area contributed by atoms with Crippen molar-refractivity contribution in [2.75, 3.05) is 0 Å². The van der Waals surface area contributed by atoms with Crippen molar-refractivity contribution in [3.05, 3.63) is 70.5 Å². The Balaban J connectivity index is 2.34. The highest BCUT2D eigenvalue weighted by molar-refractivity contribution is 5.31. The third kappa shape index (κ3) is 3.02. The molecule has 2 rings (SSSR count). The molecule has 1 atom stereocenters. The van der Waals surface area contributed by atoms with Crippen LogP contribution in [-0.4, -0.2) is 0 Å². The summed E-state index contributed by atoms with van der Waals surface area (Å²) in [4.78, 5) is 0. The molecule has 4 heteroatoms. The third-order valence-electron chi connectivity index (χ3n) is 3.40. The number of rotatable bonds is 3. The van der Waals surface area contributed by atoms with E-state index in [4.69, 9.17) is 5.73 Å². The molecular weight excluding hydrogens is 263 g/mol. The summed E-state index contributed by atoms with van der Waals surface area (Å²) >= 11 is 0. The van der Waals surface area contributed by atoms with Crippen LogP contribution < -0.4 is 5.73 Å². The number of benzene rings is 2. The van der Waals surface area contributed by atoms with Crippen molar-refractivity contribution in [2.24, 2.45) is 5.73 Å². The Hall–Kier alpha value is -1.81. The lowest BCUT2D eigenvalue weighted by Crippen LogP contribution is -2.36. The van der Waals surface area contributed by atoms with E-state index in [1.165, 1.54) is 6.07 Å². The van der Waals surface area contributed by atoms with E-state index in [9.17, 15) is 13.2 Å². The van der Waals surface area contributed by atoms with Crippen LogP contribution in [0.3, 0.4) is 0 Å². The third-order valence-corrected chi connectivity index (χ3v) is 3.40. The second-order valence-electron chi connectivity index (χ2n) is 5.29. The minimum Gasteiger partial charge on any atom is -0.321 e. The van der Waals surface area contributed by atoms with Crippen molar-refractivity contribution < 1.29 is 13.2 Å². The molecule has 0 saturated heterocycles. The smallest absolute Gasteiger partial charge is 0.126 e. The largest absolute Gasteiger partial charge is 0.321 e. The monoisotopic (exact) mass is 279 g/mol. The van der Waals surface area contributed by atoms with Gasteiger partial charge in [-0.3, -0.25) is 0 Å². The SMILES string of the molecule is Cc1ccc(C(C)(N)Cc2cc(F)ccc2F)cc1F. The Bertz CT molecular complexity index is 636. The van der Waals surface area contributed by atoms with Crippen LogP contribution in [0.15, 0.2) is 36.4 Å². The Labute approximate surface area is 116 Å². The van der Waals surface area contributed by atoms with Gasteiger partial charge in [0.2, 0.25) is 0 Å². The van der Waals surface area contributed by atoms with Gasteiger partial charge in [-0.1, -0.05) is 12.1 Å². The van der Waals surface area contributed by atoms with Crippen molar-refractivity contribution in [1.29, 1.82) is 0 Å². The summed E-state index contributed by atoms with van der Waals surface area (Å²) in [6.45, 7) is 3.32. The molecule has 2 aromatic rings. The van der Waals surface area contributed by atoms with Gasteiger partial charge < -0.3 is 5.73 Å². The standard InChI is InChI=1S/C16H16F3N/c1-10-3-4-12(8-15(10)19)16(2,20)9-11-7-13(17)5-6-14(11)18/h3-8H,9,20H2,1-2H3. The van der Waals surface area contributed by atoms with Crippen LogP contribution in [-0.2, 0) is 12.0 Å². The van der Waals surface area contributed by atoms with Gasteiger partial charge in [0.25, 0.3) is 0 Å². The van der Waals surface area contributed by atoms with Gasteiger partial charge in [0.1, 0.15) is 17.5 Å². The van der Waals surface area contributed by atoms with Gasteiger partial charge in [-0.2, -0.15) is 0 Å². The van der Waals surface area contributed by atoms with E-state index in [1.807, 2.05) is 0 Å². The Morgan fingerprint density at radius 3 is 2.35 bits per heavy atom. The topological polar surface area (TPSA) is 26.0 Å². The van der Waals surface area contributed by atoms with E-state index in [2.05, 4.69) is 0 Å². The van der Waals surface area contributed by atoms with Crippen LogP contribution >= 0.6 is 0 Å². The van der Waals surface area contributed by atoms with Crippen LogP contribution in [0.5, 0.6) is 0 Å². The molecule has 0 bridgehead atoms. The summed E-state index contributed by atoms with van der Waals surface area (Å²) in [6.07, 6.45) is 0.0824. The number of aryl methyl sites for hydroxylation is 1. The number of nitrogens with two attached hydrogens (primary N) is 1. The van der Waals surface area contributed by atoms with E-state index >= 15 is 0 Å². The summed E-state index contributed by atoms with van der Waals surface area (Å²) in [7, 11) is 0. The van der Waals surface area contributed by atoms with Gasteiger partial charge >= 0.3 is 0 Å². The normalized spacial score (nSPS) is 14.1. The molecule has 1 unspecified atom stereocenters. The predicted molar refractivity (Wildman–Crippen MR) is 72.7 cm³/mol. The van der Waals surface area contributed by atoms with Gasteiger partial charge in [0, 0.05) is 5.54 Å². The molecule has 0 saturated carbocycles. The van der Waals surface area contributed by atoms with E-state index < -0.39 is 17.2 Å². The minimum atomic E-state index is -0.983. The van der Waals surface area contributed by atoms with Gasteiger partial charge in [-0.15, -0.1) is 0 Å². The molecule has 0 aliphatic rings. The molecule has 2 aromatic carbocycles. The van der Waals surface area contributed by atoms with Crippen molar-refractivity contribution in [3.63, 3.8) is 0 Å². The van der Waals surface area contributed by atoms with Crippen molar-refractivity contribution in [2.45, 2.75) is 25.8 Å². The zero-order chi connectivity index (χ0) is 14.9. The van der Waals surface area contributed by atoms with E-state index in [-0.39, 0.29) is 17.8 Å². The first kappa shape index (κ1) is 14.6. The molecule has 20 heavy (non-hydrogen) atoms. The Kier molecular flexibility index (Phi) is 3.86. The number of hydrogen-bond donors (Lipinski definition) is 1. The minimum absolute atomic E-state index is 0.0824. The van der Waals surface area contributed by atoms with E-state index in [1.54, 1.807) is 26.0 Å². The zero-order valence-corrected chi connectivity index (χ0v) is 11.4. The quantitative estimate of drug-likeness (QED) is 0.908. The fourth-order valence-electron chi connectivity index (χ4n) is 2.12. The summed E-state index contributed by atoms with van der Waals surface area (Å²) in [5.41, 5.74) is 6.41. The van der Waals surface area contributed by atoms with Crippen LogP contribution in [0.4, 0.5) is 13.2 Å². The summed E-state index contributed by atoms with van der Waals surface area (Å²) in [6, 6.07) is 7.90. The molecule has 0 heterocycles. The number of hydrogen-bond acceptors (Lipinski definition) is 1. The first-order chi connectivity index (χ1) is 9.29. The molecule has 0 aliphatic heterocycles. The summed E-state index contributed by atoms with van der Waals surface area (Å²) in [5.74, 6) is -1.40. The van der Waals surface area contributed by atoms with Crippen LogP contribution in [0, 0.1) is 24.4 Å². The van der Waals surface area contributed by atoms with Crippen molar-refractivity contribution in [1.82, 2.24) is 0 Å². The molecule has 0 aromatic heterocycles. The lowest BCUT2D eigenvalue weighted by molar-refractivity contribution is 0.468. The predicted octanol–water partition coefficient (Wildman–Crippen LogP) is 3.83. The van der Waals surface area contributed by atoms with Gasteiger partial charge in [-0.05, 0) is 61.2 Å². The highest BCUT2D eigenvalue weighted by Crippen LogP contribution is 2.26. The maximum Gasteiger partial charge on any atom is 0.126 e. The lowest BCUT2D eigenvalue weighted by Gasteiger charge is -2.26. The van der Waals surface area contributed by atoms with Crippen LogP contribution in [0.1, 0.15) is 23.6 Å². The molecule has 0 aliphatic carbocycles. The zero-order valence-electron chi connectivity index (χ0n) is 11.4. The highest BCUT2D eigenvalue weighted by atomic mass is 19.1. The summed E-state index contributed by atoms with van der Waals surface area (Å²) in [5, 5.41) is 0. The maximum absolute atomic E-state index is 13.7. The molecule has 2 N–H and O–H groups in total.